The van der Waals surface area contributed by atoms with E-state index < -0.39 is 17.6 Å². The Morgan fingerprint density at radius 1 is 1.30 bits per heavy atom. The van der Waals surface area contributed by atoms with Crippen LogP contribution in [0.4, 0.5) is 23.4 Å². The molecule has 3 aromatic rings. The molecule has 1 unspecified atom stereocenters. The molecule has 1 fully saturated rings. The highest BCUT2D eigenvalue weighted by Gasteiger charge is 2.34. The number of imidazole rings is 1. The summed E-state index contributed by atoms with van der Waals surface area (Å²) in [6.07, 6.45) is 0.0990. The van der Waals surface area contributed by atoms with E-state index in [2.05, 4.69) is 20.3 Å². The zero-order valence-corrected chi connectivity index (χ0v) is 16.0. The van der Waals surface area contributed by atoms with Gasteiger partial charge in [0, 0.05) is 12.6 Å². The topological polar surface area (TPSA) is 79.4 Å². The quantitative estimate of drug-likeness (QED) is 0.617. The normalized spacial score (nSPS) is 15.6. The number of hydrogen-bond donors (Lipinski definition) is 1. The molecule has 2 heterocycles. The van der Waals surface area contributed by atoms with E-state index in [-0.39, 0.29) is 24.1 Å². The second kappa shape index (κ2) is 7.55. The standard InChI is InChI=1S/C20H18F4N6/c1-11(13-3-2-4-13)27-19-17-18(28-16(8-25)29-19)26-10-30(17)9-12-5-6-14(15(21)7-12)20(22,23)24/h5-7,10-11,13H,2-4,9H2,1H3,(H,27,28,29). The lowest BCUT2D eigenvalue weighted by Gasteiger charge is -2.32. The van der Waals surface area contributed by atoms with E-state index in [0.29, 0.717) is 22.8 Å². The second-order valence-electron chi connectivity index (χ2n) is 7.49. The number of benzene rings is 1. The maximum Gasteiger partial charge on any atom is 0.419 e. The largest absolute Gasteiger partial charge is 0.419 e. The zero-order valence-electron chi connectivity index (χ0n) is 16.0. The molecule has 6 nitrogen and oxygen atoms in total. The van der Waals surface area contributed by atoms with E-state index in [1.807, 2.05) is 13.0 Å². The third-order valence-corrected chi connectivity index (χ3v) is 5.49. The number of rotatable bonds is 5. The molecular formula is C20H18F4N6. The van der Waals surface area contributed by atoms with Gasteiger partial charge < -0.3 is 9.88 Å². The van der Waals surface area contributed by atoms with Crippen molar-refractivity contribution in [3.8, 4) is 6.07 Å². The van der Waals surface area contributed by atoms with E-state index in [4.69, 9.17) is 0 Å². The number of nitriles is 1. The lowest BCUT2D eigenvalue weighted by molar-refractivity contribution is -0.140. The molecule has 10 heteroatoms. The maximum absolute atomic E-state index is 14.0. The molecule has 0 amide bonds. The summed E-state index contributed by atoms with van der Waals surface area (Å²) in [4.78, 5) is 12.6. The van der Waals surface area contributed by atoms with Crippen molar-refractivity contribution in [2.75, 3.05) is 5.32 Å². The first-order valence-corrected chi connectivity index (χ1v) is 9.51. The molecule has 0 bridgehead atoms. The number of anilines is 1. The smallest absolute Gasteiger partial charge is 0.365 e. The fraction of sp³-hybridized carbons (Fsp3) is 0.400. The van der Waals surface area contributed by atoms with Gasteiger partial charge in [-0.25, -0.2) is 9.37 Å². The molecule has 0 spiro atoms. The molecule has 2 aromatic heterocycles. The molecular weight excluding hydrogens is 400 g/mol. The molecule has 156 valence electrons. The van der Waals surface area contributed by atoms with Crippen LogP contribution in [0, 0.1) is 23.1 Å². The lowest BCUT2D eigenvalue weighted by atomic mass is 9.80. The Kier molecular flexibility index (Phi) is 5.05. The lowest BCUT2D eigenvalue weighted by Crippen LogP contribution is -2.31. The van der Waals surface area contributed by atoms with Crippen molar-refractivity contribution in [2.24, 2.45) is 5.92 Å². The van der Waals surface area contributed by atoms with Gasteiger partial charge in [-0.2, -0.15) is 28.4 Å². The number of aromatic nitrogens is 4. The molecule has 1 atom stereocenters. The predicted molar refractivity (Wildman–Crippen MR) is 101 cm³/mol. The average molecular weight is 418 g/mol. The summed E-state index contributed by atoms with van der Waals surface area (Å²) in [5.74, 6) is -0.428. The molecule has 1 aromatic carbocycles. The van der Waals surface area contributed by atoms with Crippen LogP contribution in [0.2, 0.25) is 0 Å². The van der Waals surface area contributed by atoms with Crippen molar-refractivity contribution < 1.29 is 17.6 Å². The zero-order chi connectivity index (χ0) is 21.5. The van der Waals surface area contributed by atoms with Gasteiger partial charge in [0.1, 0.15) is 17.4 Å². The van der Waals surface area contributed by atoms with E-state index in [0.717, 1.165) is 25.0 Å². The van der Waals surface area contributed by atoms with Crippen molar-refractivity contribution in [3.63, 3.8) is 0 Å². The number of alkyl halides is 3. The third-order valence-electron chi connectivity index (χ3n) is 5.49. The fourth-order valence-electron chi connectivity index (χ4n) is 3.61. The van der Waals surface area contributed by atoms with Crippen molar-refractivity contribution in [1.82, 2.24) is 19.5 Å². The van der Waals surface area contributed by atoms with Crippen LogP contribution >= 0.6 is 0 Å². The summed E-state index contributed by atoms with van der Waals surface area (Å²) < 4.78 is 54.0. The Labute approximate surface area is 169 Å². The Hall–Kier alpha value is -3.22. The summed E-state index contributed by atoms with van der Waals surface area (Å²) in [5, 5.41) is 12.5. The summed E-state index contributed by atoms with van der Waals surface area (Å²) in [5.41, 5.74) is -0.166. The number of fused-ring (bicyclic) bond motifs is 1. The van der Waals surface area contributed by atoms with Crippen LogP contribution < -0.4 is 5.32 Å². The van der Waals surface area contributed by atoms with Gasteiger partial charge in [0.25, 0.3) is 0 Å². The highest BCUT2D eigenvalue weighted by Crippen LogP contribution is 2.33. The molecule has 0 radical (unpaired) electrons. The molecule has 4 rings (SSSR count). The average Bonchev–Trinajstić information content (AvgIpc) is 3.02. The van der Waals surface area contributed by atoms with Crippen molar-refractivity contribution in [1.29, 1.82) is 5.26 Å². The van der Waals surface area contributed by atoms with Crippen LogP contribution in [-0.4, -0.2) is 25.6 Å². The van der Waals surface area contributed by atoms with Crippen molar-refractivity contribution in [2.45, 2.75) is 44.9 Å². The van der Waals surface area contributed by atoms with Gasteiger partial charge in [-0.1, -0.05) is 12.5 Å². The van der Waals surface area contributed by atoms with Crippen LogP contribution in [0.5, 0.6) is 0 Å². The summed E-state index contributed by atoms with van der Waals surface area (Å²) in [6.45, 7) is 2.11. The Morgan fingerprint density at radius 2 is 2.07 bits per heavy atom. The Morgan fingerprint density at radius 3 is 2.67 bits per heavy atom. The van der Waals surface area contributed by atoms with Gasteiger partial charge in [0.05, 0.1) is 11.9 Å². The van der Waals surface area contributed by atoms with E-state index in [9.17, 15) is 22.8 Å². The van der Waals surface area contributed by atoms with Crippen molar-refractivity contribution >= 4 is 17.0 Å². The predicted octanol–water partition coefficient (Wildman–Crippen LogP) is 4.50. The van der Waals surface area contributed by atoms with Gasteiger partial charge in [0.2, 0.25) is 5.82 Å². The van der Waals surface area contributed by atoms with Gasteiger partial charge in [-0.3, -0.25) is 0 Å². The van der Waals surface area contributed by atoms with Crippen LogP contribution in [0.1, 0.15) is 43.1 Å². The number of nitrogens with one attached hydrogen (secondary N) is 1. The first-order chi connectivity index (χ1) is 14.3. The van der Waals surface area contributed by atoms with Crippen LogP contribution in [0.15, 0.2) is 24.5 Å². The summed E-state index contributed by atoms with van der Waals surface area (Å²) in [7, 11) is 0. The van der Waals surface area contributed by atoms with Gasteiger partial charge >= 0.3 is 6.18 Å². The van der Waals surface area contributed by atoms with Crippen LogP contribution in [0.25, 0.3) is 11.2 Å². The minimum absolute atomic E-state index is 0.0309. The highest BCUT2D eigenvalue weighted by atomic mass is 19.4. The minimum atomic E-state index is -4.75. The molecule has 1 aliphatic carbocycles. The van der Waals surface area contributed by atoms with E-state index in [1.165, 1.54) is 18.8 Å². The monoisotopic (exact) mass is 418 g/mol. The van der Waals surface area contributed by atoms with Crippen LogP contribution in [0.3, 0.4) is 0 Å². The van der Waals surface area contributed by atoms with Gasteiger partial charge in [0.15, 0.2) is 11.5 Å². The molecule has 0 aliphatic heterocycles. The van der Waals surface area contributed by atoms with Gasteiger partial charge in [-0.15, -0.1) is 0 Å². The molecule has 1 saturated carbocycles. The highest BCUT2D eigenvalue weighted by molar-refractivity contribution is 5.83. The second-order valence-corrected chi connectivity index (χ2v) is 7.49. The summed E-state index contributed by atoms with van der Waals surface area (Å²) in [6, 6.07) is 4.85. The third kappa shape index (κ3) is 3.79. The van der Waals surface area contributed by atoms with Gasteiger partial charge in [-0.05, 0) is 43.4 Å². The fourth-order valence-corrected chi connectivity index (χ4v) is 3.61. The maximum atomic E-state index is 14.0. The number of halogens is 4. The van der Waals surface area contributed by atoms with E-state index >= 15 is 0 Å². The van der Waals surface area contributed by atoms with Crippen molar-refractivity contribution in [3.05, 3.63) is 47.3 Å². The van der Waals surface area contributed by atoms with E-state index in [1.54, 1.807) is 4.57 Å². The molecule has 1 aliphatic rings. The first-order valence-electron chi connectivity index (χ1n) is 9.51. The Balaban J connectivity index is 1.69. The summed E-state index contributed by atoms with van der Waals surface area (Å²) >= 11 is 0. The number of hydrogen-bond acceptors (Lipinski definition) is 5. The SMILES string of the molecule is CC(Nc1nc(C#N)nc2ncn(Cc3ccc(C(F)(F)F)c(F)c3)c12)C1CCC1. The molecule has 0 saturated heterocycles. The molecule has 1 N–H and O–H groups in total. The number of nitrogens with zero attached hydrogens (tertiary/aromatic N) is 5. The first kappa shape index (κ1) is 20.1. The Bertz CT molecular complexity index is 1130. The molecule has 30 heavy (non-hydrogen) atoms. The minimum Gasteiger partial charge on any atom is -0.365 e. The van der Waals surface area contributed by atoms with Crippen LogP contribution in [-0.2, 0) is 12.7 Å².